The summed E-state index contributed by atoms with van der Waals surface area (Å²) in [5, 5.41) is 11.7. The summed E-state index contributed by atoms with van der Waals surface area (Å²) in [4.78, 5) is 22.7. The highest BCUT2D eigenvalue weighted by molar-refractivity contribution is 5.88. The third-order valence-corrected chi connectivity index (χ3v) is 3.73. The van der Waals surface area contributed by atoms with Gasteiger partial charge >= 0.3 is 5.97 Å². The number of amides is 1. The van der Waals surface area contributed by atoms with E-state index in [1.165, 1.54) is 11.6 Å². The third-order valence-electron chi connectivity index (χ3n) is 3.73. The van der Waals surface area contributed by atoms with Crippen LogP contribution in [0.2, 0.25) is 0 Å². The molecule has 0 spiro atoms. The summed E-state index contributed by atoms with van der Waals surface area (Å²) >= 11 is 0. The molecule has 2 rings (SSSR count). The van der Waals surface area contributed by atoms with Crippen molar-refractivity contribution in [3.63, 3.8) is 0 Å². The lowest BCUT2D eigenvalue weighted by atomic mass is 10.2. The second kappa shape index (κ2) is 9.64. The number of ether oxygens (including phenoxy) is 1. The lowest BCUT2D eigenvalue weighted by Gasteiger charge is -2.05. The standard InChI is InChI=1S/C19H23NO5/c1-14-17(19(22)23)12-16(25-14)13-20-18(21)8-5-10-24-11-9-15-6-3-2-4-7-15/h2-4,6-7,12H,5,8-11,13H2,1H3,(H,20,21)(H,22,23). The zero-order valence-electron chi connectivity index (χ0n) is 14.3. The minimum absolute atomic E-state index is 0.113. The van der Waals surface area contributed by atoms with Crippen LogP contribution in [0.5, 0.6) is 0 Å². The van der Waals surface area contributed by atoms with Gasteiger partial charge in [-0.15, -0.1) is 0 Å². The number of nitrogens with one attached hydrogen (secondary N) is 1. The van der Waals surface area contributed by atoms with Gasteiger partial charge in [0, 0.05) is 13.0 Å². The van der Waals surface area contributed by atoms with Gasteiger partial charge in [-0.05, 0) is 31.4 Å². The van der Waals surface area contributed by atoms with E-state index in [0.29, 0.717) is 37.6 Å². The maximum atomic E-state index is 11.8. The van der Waals surface area contributed by atoms with Gasteiger partial charge in [-0.1, -0.05) is 30.3 Å². The number of aryl methyl sites for hydroxylation is 1. The second-order valence-electron chi connectivity index (χ2n) is 5.72. The first-order chi connectivity index (χ1) is 12.1. The van der Waals surface area contributed by atoms with Crippen LogP contribution in [0.3, 0.4) is 0 Å². The molecule has 134 valence electrons. The molecule has 2 aromatic rings. The molecule has 0 saturated carbocycles. The predicted molar refractivity (Wildman–Crippen MR) is 92.5 cm³/mol. The van der Waals surface area contributed by atoms with Gasteiger partial charge in [0.25, 0.3) is 0 Å². The molecule has 0 aliphatic heterocycles. The van der Waals surface area contributed by atoms with Crippen LogP contribution in [0.15, 0.2) is 40.8 Å². The van der Waals surface area contributed by atoms with Crippen molar-refractivity contribution in [2.45, 2.75) is 32.7 Å². The van der Waals surface area contributed by atoms with Crippen molar-refractivity contribution >= 4 is 11.9 Å². The number of hydrogen-bond donors (Lipinski definition) is 2. The van der Waals surface area contributed by atoms with Crippen LogP contribution in [0.25, 0.3) is 0 Å². The highest BCUT2D eigenvalue weighted by atomic mass is 16.5. The van der Waals surface area contributed by atoms with Gasteiger partial charge in [-0.2, -0.15) is 0 Å². The largest absolute Gasteiger partial charge is 0.478 e. The van der Waals surface area contributed by atoms with Crippen LogP contribution in [0.1, 0.15) is 40.3 Å². The zero-order valence-corrected chi connectivity index (χ0v) is 14.3. The van der Waals surface area contributed by atoms with Crippen molar-refractivity contribution < 1.29 is 23.8 Å². The van der Waals surface area contributed by atoms with E-state index in [1.54, 1.807) is 6.92 Å². The smallest absolute Gasteiger partial charge is 0.339 e. The van der Waals surface area contributed by atoms with Gasteiger partial charge in [-0.25, -0.2) is 4.79 Å². The van der Waals surface area contributed by atoms with Gasteiger partial charge in [0.05, 0.1) is 13.2 Å². The first-order valence-corrected chi connectivity index (χ1v) is 8.27. The molecule has 25 heavy (non-hydrogen) atoms. The summed E-state index contributed by atoms with van der Waals surface area (Å²) in [6.45, 7) is 2.93. The van der Waals surface area contributed by atoms with E-state index in [-0.39, 0.29) is 18.0 Å². The lowest BCUT2D eigenvalue weighted by Crippen LogP contribution is -2.22. The number of hydrogen-bond acceptors (Lipinski definition) is 4. The quantitative estimate of drug-likeness (QED) is 0.646. The molecule has 6 heteroatoms. The summed E-state index contributed by atoms with van der Waals surface area (Å²) in [5.41, 5.74) is 1.35. The first kappa shape index (κ1) is 18.7. The number of rotatable bonds is 10. The summed E-state index contributed by atoms with van der Waals surface area (Å²) in [6.07, 6.45) is 1.85. The molecular formula is C19H23NO5. The van der Waals surface area contributed by atoms with E-state index in [4.69, 9.17) is 14.3 Å². The van der Waals surface area contributed by atoms with Crippen molar-refractivity contribution in [2.75, 3.05) is 13.2 Å². The zero-order chi connectivity index (χ0) is 18.1. The number of furan rings is 1. The van der Waals surface area contributed by atoms with Crippen molar-refractivity contribution in [1.82, 2.24) is 5.32 Å². The van der Waals surface area contributed by atoms with E-state index >= 15 is 0 Å². The van der Waals surface area contributed by atoms with Crippen LogP contribution in [0, 0.1) is 6.92 Å². The number of carbonyl (C=O) groups is 2. The van der Waals surface area contributed by atoms with Crippen molar-refractivity contribution in [2.24, 2.45) is 0 Å². The SMILES string of the molecule is Cc1oc(CNC(=O)CCCOCCc2ccccc2)cc1C(=O)O. The van der Waals surface area contributed by atoms with Crippen LogP contribution < -0.4 is 5.32 Å². The average molecular weight is 345 g/mol. The molecule has 1 aromatic heterocycles. The molecule has 0 atom stereocenters. The Kier molecular flexibility index (Phi) is 7.22. The summed E-state index contributed by atoms with van der Waals surface area (Å²) in [5.74, 6) is -0.380. The minimum atomic E-state index is -1.04. The molecule has 2 N–H and O–H groups in total. The van der Waals surface area contributed by atoms with E-state index in [0.717, 1.165) is 6.42 Å². The maximum Gasteiger partial charge on any atom is 0.339 e. The second-order valence-corrected chi connectivity index (χ2v) is 5.72. The monoisotopic (exact) mass is 345 g/mol. The molecule has 0 unspecified atom stereocenters. The Bertz CT molecular complexity index is 693. The highest BCUT2D eigenvalue weighted by Crippen LogP contribution is 2.14. The molecule has 0 aliphatic carbocycles. The van der Waals surface area contributed by atoms with E-state index < -0.39 is 5.97 Å². The number of carboxylic acid groups (broad SMARTS) is 1. The minimum Gasteiger partial charge on any atom is -0.478 e. The Labute approximate surface area is 146 Å². The summed E-state index contributed by atoms with van der Waals surface area (Å²) in [6, 6.07) is 11.5. The van der Waals surface area contributed by atoms with Crippen molar-refractivity contribution in [3.8, 4) is 0 Å². The molecule has 0 bridgehead atoms. The van der Waals surface area contributed by atoms with Gasteiger partial charge in [-0.3, -0.25) is 4.79 Å². The molecule has 1 amide bonds. The van der Waals surface area contributed by atoms with Gasteiger partial charge in [0.1, 0.15) is 17.1 Å². The van der Waals surface area contributed by atoms with E-state index in [1.807, 2.05) is 18.2 Å². The lowest BCUT2D eigenvalue weighted by molar-refractivity contribution is -0.121. The van der Waals surface area contributed by atoms with E-state index in [2.05, 4.69) is 17.4 Å². The van der Waals surface area contributed by atoms with Crippen molar-refractivity contribution in [3.05, 3.63) is 59.0 Å². The number of aromatic carboxylic acids is 1. The number of carboxylic acids is 1. The summed E-state index contributed by atoms with van der Waals surface area (Å²) < 4.78 is 10.8. The molecule has 0 saturated heterocycles. The Morgan fingerprint density at radius 3 is 2.64 bits per heavy atom. The first-order valence-electron chi connectivity index (χ1n) is 8.27. The Morgan fingerprint density at radius 1 is 1.20 bits per heavy atom. The molecule has 0 fully saturated rings. The van der Waals surface area contributed by atoms with Gasteiger partial charge < -0.3 is 19.6 Å². The summed E-state index contributed by atoms with van der Waals surface area (Å²) in [7, 11) is 0. The fraction of sp³-hybridized carbons (Fsp3) is 0.368. The Hall–Kier alpha value is -2.60. The molecule has 0 radical (unpaired) electrons. The van der Waals surface area contributed by atoms with E-state index in [9.17, 15) is 9.59 Å². The molecule has 1 heterocycles. The highest BCUT2D eigenvalue weighted by Gasteiger charge is 2.13. The Morgan fingerprint density at radius 2 is 1.96 bits per heavy atom. The average Bonchev–Trinajstić information content (AvgIpc) is 2.98. The number of carbonyl (C=O) groups excluding carboxylic acids is 1. The van der Waals surface area contributed by atoms with Crippen LogP contribution in [-0.4, -0.2) is 30.2 Å². The Balaban J connectivity index is 1.56. The van der Waals surface area contributed by atoms with Crippen LogP contribution >= 0.6 is 0 Å². The molecule has 0 aliphatic rings. The fourth-order valence-electron chi connectivity index (χ4n) is 2.39. The molecular weight excluding hydrogens is 322 g/mol. The molecule has 1 aromatic carbocycles. The molecule has 6 nitrogen and oxygen atoms in total. The normalized spacial score (nSPS) is 10.6. The van der Waals surface area contributed by atoms with Gasteiger partial charge in [0.15, 0.2) is 0 Å². The third kappa shape index (κ3) is 6.43. The maximum absolute atomic E-state index is 11.8. The van der Waals surface area contributed by atoms with Gasteiger partial charge in [0.2, 0.25) is 5.91 Å². The van der Waals surface area contributed by atoms with Crippen LogP contribution in [-0.2, 0) is 22.5 Å². The predicted octanol–water partition coefficient (Wildman–Crippen LogP) is 2.94. The number of benzene rings is 1. The topological polar surface area (TPSA) is 88.8 Å². The van der Waals surface area contributed by atoms with Crippen LogP contribution in [0.4, 0.5) is 0 Å². The fourth-order valence-corrected chi connectivity index (χ4v) is 2.39. The van der Waals surface area contributed by atoms with Crippen molar-refractivity contribution in [1.29, 1.82) is 0 Å².